The second-order valence-corrected chi connectivity index (χ2v) is 29.7. The lowest BCUT2D eigenvalue weighted by Crippen LogP contribution is -2.50. The van der Waals surface area contributed by atoms with E-state index in [4.69, 9.17) is 88.3 Å². The number of hydrogen-bond donors (Lipinski definition) is 6. The van der Waals surface area contributed by atoms with Gasteiger partial charge in [0.15, 0.2) is 28.3 Å². The van der Waals surface area contributed by atoms with Gasteiger partial charge < -0.3 is 71.9 Å². The van der Waals surface area contributed by atoms with Crippen LogP contribution in [0.2, 0.25) is 20.6 Å². The van der Waals surface area contributed by atoms with Gasteiger partial charge in [0.1, 0.15) is 68.1 Å². The highest BCUT2D eigenvalue weighted by Gasteiger charge is 2.42. The molecule has 36 heteroatoms. The van der Waals surface area contributed by atoms with Crippen molar-refractivity contribution in [3.63, 3.8) is 0 Å². The molecule has 598 valence electrons. The number of halogens is 4. The summed E-state index contributed by atoms with van der Waals surface area (Å²) in [5, 5.41) is 12.8. The van der Waals surface area contributed by atoms with E-state index in [0.29, 0.717) is 78.5 Å². The Morgan fingerprint density at radius 1 is 0.509 bits per heavy atom. The molecule has 10 N–H and O–H groups in total. The number of ether oxygens (including phenoxy) is 4. The van der Waals surface area contributed by atoms with Crippen molar-refractivity contribution >= 4 is 128 Å². The summed E-state index contributed by atoms with van der Waals surface area (Å²) in [6.45, 7) is 27.0. The van der Waals surface area contributed by atoms with Crippen molar-refractivity contribution in [2.24, 2.45) is 11.8 Å². The number of aliphatic hydroxyl groups excluding tert-OH is 1. The molecule has 8 aromatic heterocycles. The molecule has 0 saturated heterocycles. The Labute approximate surface area is 670 Å². The van der Waals surface area contributed by atoms with Crippen molar-refractivity contribution in [1.29, 1.82) is 0 Å². The number of nitrogens with zero attached hydrogens (tertiary/aromatic N) is 17. The summed E-state index contributed by atoms with van der Waals surface area (Å²) in [6, 6.07) is -1.19. The number of carbonyl (C=O) groups excluding carboxylic acids is 5. The summed E-state index contributed by atoms with van der Waals surface area (Å²) >= 11 is 25.1. The molecule has 0 aliphatic carbocycles. The number of fused-ring (bicyclic) bond motifs is 4. The van der Waals surface area contributed by atoms with Crippen LogP contribution in [0.25, 0.3) is 0 Å². The van der Waals surface area contributed by atoms with Crippen LogP contribution in [0.4, 0.5) is 52.8 Å². The number of ketones is 3. The zero-order valence-electron chi connectivity index (χ0n) is 65.9. The second-order valence-electron chi connectivity index (χ2n) is 28.2. The highest BCUT2D eigenvalue weighted by atomic mass is 35.5. The molecule has 0 spiro atoms. The van der Waals surface area contributed by atoms with Gasteiger partial charge in [-0.1, -0.05) is 74.1 Å². The molecule has 32 nitrogen and oxygen atoms in total. The molecule has 0 saturated carbocycles. The fraction of sp³-hybridized carbons (Fsp3) is 0.461. The molecule has 0 unspecified atom stereocenters. The highest BCUT2D eigenvalue weighted by molar-refractivity contribution is 6.34. The van der Waals surface area contributed by atoms with Gasteiger partial charge in [0.25, 0.3) is 0 Å². The van der Waals surface area contributed by atoms with Crippen LogP contribution in [-0.2, 0) is 69.4 Å². The summed E-state index contributed by atoms with van der Waals surface area (Å²) in [4.78, 5) is 124. The number of aryl methyl sites for hydroxylation is 4. The molecule has 0 fully saturated rings. The molecular weight excluding hydrogens is 1520 g/mol. The van der Waals surface area contributed by atoms with Crippen LogP contribution >= 0.6 is 46.4 Å². The van der Waals surface area contributed by atoms with E-state index in [-0.39, 0.29) is 149 Å². The van der Waals surface area contributed by atoms with Crippen molar-refractivity contribution in [2.75, 3.05) is 102 Å². The molecule has 0 bridgehead atoms. The maximum atomic E-state index is 13.0. The Morgan fingerprint density at radius 3 is 1.23 bits per heavy atom. The largest absolute Gasteiger partial charge is 0.496 e. The third kappa shape index (κ3) is 18.7. The predicted molar refractivity (Wildman–Crippen MR) is 431 cm³/mol. The normalized spacial score (nSPS) is 15.6. The molecule has 0 aromatic carbocycles. The number of aliphatic hydroxyl groups is 1. The van der Waals surface area contributed by atoms with Crippen LogP contribution in [0.5, 0.6) is 23.0 Å². The van der Waals surface area contributed by atoms with Gasteiger partial charge in [0.2, 0.25) is 35.6 Å². The van der Waals surface area contributed by atoms with Gasteiger partial charge in [-0.3, -0.25) is 48.8 Å². The maximum Gasteiger partial charge on any atom is 0.247 e. The lowest BCUT2D eigenvalue weighted by Gasteiger charge is -2.39. The predicted octanol–water partition coefficient (Wildman–Crippen LogP) is 9.01. The molecule has 8 aromatic rings. The van der Waals surface area contributed by atoms with E-state index in [1.165, 1.54) is 4.90 Å². The number of methoxy groups -OCH3 is 4. The monoisotopic (exact) mass is 1620 g/mol. The maximum absolute atomic E-state index is 13.0. The Kier molecular flexibility index (Phi) is 28.1. The fourth-order valence-electron chi connectivity index (χ4n) is 14.4. The van der Waals surface area contributed by atoms with Gasteiger partial charge in [-0.15, -0.1) is 0 Å². The van der Waals surface area contributed by atoms with E-state index in [1.807, 2.05) is 79.0 Å². The lowest BCUT2D eigenvalue weighted by atomic mass is 9.90. The summed E-state index contributed by atoms with van der Waals surface area (Å²) < 4.78 is 22.0. The minimum absolute atomic E-state index is 0.00557. The van der Waals surface area contributed by atoms with Gasteiger partial charge in [-0.05, 0) is 87.0 Å². The van der Waals surface area contributed by atoms with E-state index < -0.39 is 6.04 Å². The smallest absolute Gasteiger partial charge is 0.247 e. The molecule has 3 atom stereocenters. The molecule has 0 radical (unpaired) electrons. The number of anilines is 9. The molecular formula is C76H96Cl4N22O10. The third-order valence-corrected chi connectivity index (χ3v) is 20.8. The number of amides is 2. The summed E-state index contributed by atoms with van der Waals surface area (Å²) in [5.41, 5.74) is 35.8. The van der Waals surface area contributed by atoms with E-state index in [1.54, 1.807) is 70.0 Å². The average molecular weight is 1620 g/mol. The van der Waals surface area contributed by atoms with E-state index >= 15 is 0 Å². The zero-order chi connectivity index (χ0) is 82.2. The van der Waals surface area contributed by atoms with Gasteiger partial charge in [-0.25, -0.2) is 15.0 Å². The van der Waals surface area contributed by atoms with Crippen molar-refractivity contribution < 1.29 is 48.0 Å². The average Bonchev–Trinajstić information content (AvgIpc) is 0.786. The number of nitrogens with two attached hydrogens (primary N) is 4. The Bertz CT molecular complexity index is 4900. The first kappa shape index (κ1) is 85.6. The molecule has 2 amide bonds. The number of aromatic nitrogens is 12. The minimum Gasteiger partial charge on any atom is -0.496 e. The third-order valence-electron chi connectivity index (χ3n) is 19.6. The van der Waals surface area contributed by atoms with Gasteiger partial charge >= 0.3 is 0 Å². The SMILES string of the molecule is CCNC(=O)CN1C(=O)CN(Cc2ncc(C)c(OC)c2C)c2nc(N)nc(Cl)c21.COc1c(C)cnc(CN2c3nc(N)nc(Cl)c3CC(=O)[C@@H]2C(C)C)c1C.COc1c(C)cnc(CN2c3nc(N)nc(Cl)c3CC(=O)[C@@H]2CC(C)C)c1C.COc1c(C)cnc(CN2c3nc(N)nc(Cl)c3CC(=O)[C@@H]2CCO)c1C. The van der Waals surface area contributed by atoms with Crippen LogP contribution in [-0.4, -0.2) is 167 Å². The Morgan fingerprint density at radius 2 is 0.857 bits per heavy atom. The van der Waals surface area contributed by atoms with Crippen molar-refractivity contribution in [2.45, 2.75) is 166 Å². The second kappa shape index (κ2) is 36.8. The van der Waals surface area contributed by atoms with Crippen molar-refractivity contribution in [1.82, 2.24) is 65.1 Å². The van der Waals surface area contributed by atoms with Gasteiger partial charge in [0, 0.05) is 118 Å². The van der Waals surface area contributed by atoms with E-state index in [9.17, 15) is 29.1 Å². The minimum atomic E-state index is -0.540. The number of nitrogens with one attached hydrogen (secondary N) is 1. The quantitative estimate of drug-likeness (QED) is 0.0387. The van der Waals surface area contributed by atoms with Crippen LogP contribution < -0.4 is 71.7 Å². The standard InChI is InChI=1S/C20H26ClN5O2.C19H24ClN7O3.C19H24ClN5O2.C18H22ClN5O3/c1-10(2)6-15-16(27)7-13-18(21)24-20(22)25-19(13)26(15)9-14-12(4)17(28-5)11(3)8-23-14;1-5-22-13(28)8-27-14(29)9-26(18-15(27)17(20)24-19(21)25-18)7-12-11(3)16(30-4)10(2)6-23-12;1-9(2)15-14(26)6-12-17(20)23-19(21)24-18(12)25(15)8-13-11(4)16(27-5)10(3)7-22-13;1-9-7-21-12(10(2)15(9)27-3)8-24-13(4-5-25)14(26)6-11-16(19)22-18(20)23-17(11)24/h8,10,15H,6-7,9H2,1-5H3,(H2,22,24,25);6H,5,7-9H2,1-4H3,(H,22,28)(H2,21,24,25);7,9,15H,6,8H2,1-5H3,(H2,21,23,24);7,13,25H,4-6,8H2,1-3H3,(H2,20,22,23)/t15-;;15-;13-/m0.00/s1. The first-order chi connectivity index (χ1) is 53.1. The van der Waals surface area contributed by atoms with Crippen molar-refractivity contribution in [3.8, 4) is 23.0 Å². The van der Waals surface area contributed by atoms with Gasteiger partial charge in [-0.2, -0.15) is 24.9 Å². The summed E-state index contributed by atoms with van der Waals surface area (Å²) in [5.74, 6) is 5.34. The van der Waals surface area contributed by atoms with Crippen LogP contribution in [0.3, 0.4) is 0 Å². The molecule has 12 heterocycles. The Hall–Kier alpha value is -10.4. The number of Topliss-reactive ketones (excluding diaryl/α,β-unsaturated/α-hetero) is 3. The number of rotatable bonds is 20. The fourth-order valence-corrected chi connectivity index (χ4v) is 15.4. The van der Waals surface area contributed by atoms with Crippen LogP contribution in [0, 0.1) is 67.2 Å². The number of nitrogen functional groups attached to an aromatic ring is 4. The zero-order valence-corrected chi connectivity index (χ0v) is 69.0. The van der Waals surface area contributed by atoms with Gasteiger partial charge in [0.05, 0.1) is 102 Å². The first-order valence-electron chi connectivity index (χ1n) is 36.2. The van der Waals surface area contributed by atoms with Crippen molar-refractivity contribution in [3.05, 3.63) is 129 Å². The van der Waals surface area contributed by atoms with Crippen LogP contribution in [0.15, 0.2) is 24.8 Å². The molecule has 112 heavy (non-hydrogen) atoms. The highest BCUT2D eigenvalue weighted by Crippen LogP contribution is 2.42. The number of pyridine rings is 4. The van der Waals surface area contributed by atoms with E-state index in [2.05, 4.69) is 79.0 Å². The number of likely N-dealkylation sites (N-methyl/N-ethyl adjacent to an activating group) is 1. The summed E-state index contributed by atoms with van der Waals surface area (Å²) in [7, 11) is 6.50. The Balaban J connectivity index is 0.000000172. The van der Waals surface area contributed by atoms with Crippen LogP contribution in [0.1, 0.15) is 131 Å². The summed E-state index contributed by atoms with van der Waals surface area (Å²) in [6.07, 6.45) is 8.53. The molecule has 4 aliphatic heterocycles. The first-order valence-corrected chi connectivity index (χ1v) is 37.7. The number of carbonyl (C=O) groups is 5. The topological polar surface area (TPSA) is 429 Å². The molecule has 12 rings (SSSR count). The lowest BCUT2D eigenvalue weighted by molar-refractivity contribution is -0.123. The van der Waals surface area contributed by atoms with E-state index in [0.717, 1.165) is 90.3 Å². The molecule has 4 aliphatic rings. The number of hydrogen-bond acceptors (Lipinski definition) is 30.